The first-order valence-electron chi connectivity index (χ1n) is 7.05. The molecule has 0 bridgehead atoms. The molecule has 0 radical (unpaired) electrons. The van der Waals surface area contributed by atoms with Crippen LogP contribution in [0.1, 0.15) is 26.3 Å². The summed E-state index contributed by atoms with van der Waals surface area (Å²) < 4.78 is 9.59. The van der Waals surface area contributed by atoms with E-state index in [0.29, 0.717) is 5.52 Å². The highest BCUT2D eigenvalue weighted by molar-refractivity contribution is 5.79. The van der Waals surface area contributed by atoms with Crippen LogP contribution in [0.2, 0.25) is 0 Å². The van der Waals surface area contributed by atoms with Crippen molar-refractivity contribution in [3.63, 3.8) is 0 Å². The molecule has 7 nitrogen and oxygen atoms in total. The van der Waals surface area contributed by atoms with Crippen molar-refractivity contribution < 1.29 is 13.9 Å². The van der Waals surface area contributed by atoms with Gasteiger partial charge in [-0.05, 0) is 38.5 Å². The second-order valence-corrected chi connectivity index (χ2v) is 5.89. The van der Waals surface area contributed by atoms with E-state index in [2.05, 4.69) is 14.7 Å². The molecule has 0 fully saturated rings. The predicted octanol–water partition coefficient (Wildman–Crippen LogP) is 2.02. The Morgan fingerprint density at radius 1 is 1.35 bits per heavy atom. The van der Waals surface area contributed by atoms with Crippen molar-refractivity contribution in [2.75, 3.05) is 6.54 Å². The Kier molecular flexibility index (Phi) is 4.68. The van der Waals surface area contributed by atoms with E-state index < -0.39 is 23.1 Å². The minimum Gasteiger partial charge on any atom is -0.444 e. The number of rotatable bonds is 3. The fourth-order valence-electron chi connectivity index (χ4n) is 1.87. The van der Waals surface area contributed by atoms with E-state index in [1.54, 1.807) is 51.1 Å². The van der Waals surface area contributed by atoms with Crippen molar-refractivity contribution in [1.82, 2.24) is 10.3 Å². The molecule has 0 unspecified atom stereocenters. The molecule has 0 saturated heterocycles. The van der Waals surface area contributed by atoms with Gasteiger partial charge in [0.2, 0.25) is 0 Å². The summed E-state index contributed by atoms with van der Waals surface area (Å²) in [6, 6.07) is 4.96. The molecule has 122 valence electrons. The van der Waals surface area contributed by atoms with Gasteiger partial charge in [0, 0.05) is 6.54 Å². The van der Waals surface area contributed by atoms with Crippen molar-refractivity contribution >= 4 is 23.1 Å². The summed E-state index contributed by atoms with van der Waals surface area (Å²) in [7, 11) is 0. The van der Waals surface area contributed by atoms with Crippen molar-refractivity contribution in [3.8, 4) is 0 Å². The molecule has 0 atom stereocenters. The summed E-state index contributed by atoms with van der Waals surface area (Å²) >= 11 is 0. The first-order chi connectivity index (χ1) is 10.7. The molecular weight excluding hydrogens is 300 g/mol. The molecule has 0 spiro atoms. The van der Waals surface area contributed by atoms with Gasteiger partial charge in [-0.1, -0.05) is 18.2 Å². The Hall–Kier alpha value is -2.83. The number of ether oxygens (including phenoxy) is 1. The standard InChI is InChI=1S/C16H18N2O5/c1-16(2,3)23-14(20)17-8-4-5-10-6-7-12-11(9-10)13(19)22-15(21)18-12/h4-7,9H,8H2,1-3H3,(H,17,20)(H,18,21). The molecule has 0 aliphatic heterocycles. The molecule has 1 aromatic carbocycles. The Labute approximate surface area is 132 Å². The van der Waals surface area contributed by atoms with Crippen LogP contribution >= 0.6 is 0 Å². The molecule has 2 aromatic rings. The lowest BCUT2D eigenvalue weighted by Crippen LogP contribution is -2.32. The number of alkyl carbamates (subject to hydrolysis) is 1. The Balaban J connectivity index is 2.03. The summed E-state index contributed by atoms with van der Waals surface area (Å²) in [5.74, 6) is -0.785. The van der Waals surface area contributed by atoms with E-state index in [9.17, 15) is 14.4 Å². The number of aromatic amines is 1. The maximum Gasteiger partial charge on any atom is 0.419 e. The van der Waals surface area contributed by atoms with Crippen molar-refractivity contribution in [2.24, 2.45) is 0 Å². The molecule has 2 rings (SSSR count). The monoisotopic (exact) mass is 318 g/mol. The number of hydrogen-bond donors (Lipinski definition) is 2. The molecule has 0 saturated carbocycles. The third-order valence-corrected chi connectivity index (χ3v) is 2.76. The number of H-pyrrole nitrogens is 1. The molecule has 0 aliphatic carbocycles. The minimum absolute atomic E-state index is 0.284. The zero-order valence-electron chi connectivity index (χ0n) is 13.1. The highest BCUT2D eigenvalue weighted by atomic mass is 16.6. The molecule has 1 heterocycles. The van der Waals surface area contributed by atoms with Crippen molar-refractivity contribution in [1.29, 1.82) is 0 Å². The molecule has 1 aromatic heterocycles. The van der Waals surface area contributed by atoms with Crippen LogP contribution in [-0.4, -0.2) is 23.2 Å². The predicted molar refractivity (Wildman–Crippen MR) is 86.4 cm³/mol. The number of fused-ring (bicyclic) bond motifs is 1. The summed E-state index contributed by atoms with van der Waals surface area (Å²) in [6.45, 7) is 5.64. The first kappa shape index (κ1) is 16.5. The second kappa shape index (κ2) is 6.51. The van der Waals surface area contributed by atoms with Crippen LogP contribution in [-0.2, 0) is 4.74 Å². The second-order valence-electron chi connectivity index (χ2n) is 5.89. The van der Waals surface area contributed by atoms with E-state index >= 15 is 0 Å². The van der Waals surface area contributed by atoms with Crippen LogP contribution in [0.3, 0.4) is 0 Å². The van der Waals surface area contributed by atoms with Crippen molar-refractivity contribution in [3.05, 3.63) is 50.8 Å². The largest absolute Gasteiger partial charge is 0.444 e. The number of carbonyl (C=O) groups is 1. The summed E-state index contributed by atoms with van der Waals surface area (Å²) in [6.07, 6.45) is 2.96. The van der Waals surface area contributed by atoms with Crippen LogP contribution in [0.25, 0.3) is 17.0 Å². The van der Waals surface area contributed by atoms with Gasteiger partial charge < -0.3 is 14.5 Å². The van der Waals surface area contributed by atoms with E-state index in [4.69, 9.17) is 4.74 Å². The van der Waals surface area contributed by atoms with E-state index in [1.165, 1.54) is 0 Å². The van der Waals surface area contributed by atoms with E-state index in [0.717, 1.165) is 5.56 Å². The van der Waals surface area contributed by atoms with Gasteiger partial charge in [0.15, 0.2) is 0 Å². The van der Waals surface area contributed by atoms with Crippen LogP contribution in [0.15, 0.2) is 38.3 Å². The van der Waals surface area contributed by atoms with Gasteiger partial charge in [0.25, 0.3) is 0 Å². The highest BCUT2D eigenvalue weighted by Gasteiger charge is 2.14. The maximum atomic E-state index is 11.6. The first-order valence-corrected chi connectivity index (χ1v) is 7.05. The average Bonchev–Trinajstić information content (AvgIpc) is 2.42. The molecule has 2 N–H and O–H groups in total. The number of nitrogens with one attached hydrogen (secondary N) is 2. The molecular formula is C16H18N2O5. The molecule has 1 amide bonds. The zero-order chi connectivity index (χ0) is 17.0. The zero-order valence-corrected chi connectivity index (χ0v) is 13.1. The van der Waals surface area contributed by atoms with Gasteiger partial charge in [0.1, 0.15) is 5.60 Å². The number of carbonyl (C=O) groups excluding carboxylic acids is 1. The lowest BCUT2D eigenvalue weighted by molar-refractivity contribution is 0.0534. The normalized spacial score (nSPS) is 11.8. The third kappa shape index (κ3) is 4.84. The molecule has 0 aliphatic rings. The molecule has 7 heteroatoms. The van der Waals surface area contributed by atoms with Crippen LogP contribution in [0.4, 0.5) is 4.79 Å². The number of amides is 1. The van der Waals surface area contributed by atoms with Gasteiger partial charge in [-0.2, -0.15) is 0 Å². The van der Waals surface area contributed by atoms with Crippen LogP contribution in [0.5, 0.6) is 0 Å². The average molecular weight is 318 g/mol. The third-order valence-electron chi connectivity index (χ3n) is 2.76. The van der Waals surface area contributed by atoms with Gasteiger partial charge in [0.05, 0.1) is 10.9 Å². The lowest BCUT2D eigenvalue weighted by atomic mass is 10.1. The summed E-state index contributed by atoms with van der Waals surface area (Å²) in [5.41, 5.74) is -0.0825. The van der Waals surface area contributed by atoms with Gasteiger partial charge in [-0.15, -0.1) is 0 Å². The number of hydrogen-bond acceptors (Lipinski definition) is 5. The van der Waals surface area contributed by atoms with E-state index in [-0.39, 0.29) is 11.9 Å². The quantitative estimate of drug-likeness (QED) is 0.901. The number of benzene rings is 1. The lowest BCUT2D eigenvalue weighted by Gasteiger charge is -2.19. The minimum atomic E-state index is -0.785. The topological polar surface area (TPSA) is 101 Å². The fraction of sp³-hybridized carbons (Fsp3) is 0.312. The Bertz CT molecular complexity index is 855. The van der Waals surface area contributed by atoms with Gasteiger partial charge >= 0.3 is 17.5 Å². The smallest absolute Gasteiger partial charge is 0.419 e. The maximum absolute atomic E-state index is 11.6. The van der Waals surface area contributed by atoms with Gasteiger partial charge in [-0.25, -0.2) is 14.4 Å². The summed E-state index contributed by atoms with van der Waals surface area (Å²) in [4.78, 5) is 36.6. The van der Waals surface area contributed by atoms with Crippen LogP contribution in [0, 0.1) is 0 Å². The van der Waals surface area contributed by atoms with Crippen LogP contribution < -0.4 is 16.7 Å². The number of aromatic nitrogens is 1. The summed E-state index contributed by atoms with van der Waals surface area (Å²) in [5, 5.41) is 2.87. The fourth-order valence-corrected chi connectivity index (χ4v) is 1.87. The van der Waals surface area contributed by atoms with E-state index in [1.807, 2.05) is 0 Å². The SMILES string of the molecule is CC(C)(C)OC(=O)NCC=Cc1ccc2[nH]c(=O)oc(=O)c2c1. The Morgan fingerprint density at radius 2 is 2.09 bits per heavy atom. The highest BCUT2D eigenvalue weighted by Crippen LogP contribution is 2.10. The van der Waals surface area contributed by atoms with Gasteiger partial charge in [-0.3, -0.25) is 4.98 Å². The molecule has 23 heavy (non-hydrogen) atoms. The van der Waals surface area contributed by atoms with Crippen molar-refractivity contribution in [2.45, 2.75) is 26.4 Å². The Morgan fingerprint density at radius 3 is 2.78 bits per heavy atom.